The lowest BCUT2D eigenvalue weighted by Crippen LogP contribution is -2.44. The summed E-state index contributed by atoms with van der Waals surface area (Å²) in [5.74, 6) is -2.26. The Labute approximate surface area is 446 Å². The van der Waals surface area contributed by atoms with Crippen molar-refractivity contribution in [3.63, 3.8) is 0 Å². The molecule has 0 rings (SSSR count). The number of likely N-dealkylation sites (N-methyl/N-ethyl adjacent to an activating group) is 1. The number of hydrogen-bond acceptors (Lipinski definition) is 8. The summed E-state index contributed by atoms with van der Waals surface area (Å²) in [7, 11) is 5.94. The van der Waals surface area contributed by atoms with Crippen molar-refractivity contribution in [1.29, 1.82) is 0 Å². The molecule has 9 heteroatoms. The molecule has 0 aromatic heterocycles. The largest absolute Gasteiger partial charge is 0.545 e. The van der Waals surface area contributed by atoms with Crippen molar-refractivity contribution in [2.75, 3.05) is 47.5 Å². The van der Waals surface area contributed by atoms with Crippen LogP contribution in [0.5, 0.6) is 0 Å². The van der Waals surface area contributed by atoms with Crippen LogP contribution in [0.1, 0.15) is 316 Å². The number of rotatable bonds is 59. The van der Waals surface area contributed by atoms with Gasteiger partial charge in [-0.2, -0.15) is 0 Å². The molecule has 0 saturated carbocycles. The fourth-order valence-electron chi connectivity index (χ4n) is 9.42. The zero-order valence-corrected chi connectivity index (χ0v) is 48.6. The van der Waals surface area contributed by atoms with Gasteiger partial charge in [0.1, 0.15) is 13.2 Å². The van der Waals surface area contributed by atoms with Crippen LogP contribution in [0.2, 0.25) is 0 Å². The van der Waals surface area contributed by atoms with E-state index in [2.05, 4.69) is 26.0 Å². The molecule has 2 unspecified atom stereocenters. The third-order valence-electron chi connectivity index (χ3n) is 14.3. The number of aliphatic carboxylic acids is 1. The number of carboxylic acids is 1. The van der Waals surface area contributed by atoms with E-state index < -0.39 is 24.3 Å². The van der Waals surface area contributed by atoms with Crippen molar-refractivity contribution in [3.8, 4) is 0 Å². The van der Waals surface area contributed by atoms with Crippen LogP contribution in [0.25, 0.3) is 0 Å². The van der Waals surface area contributed by atoms with Gasteiger partial charge < -0.3 is 33.3 Å². The maximum Gasteiger partial charge on any atom is 0.306 e. The van der Waals surface area contributed by atoms with Crippen LogP contribution in [0, 0.1) is 0 Å². The first-order valence-corrected chi connectivity index (χ1v) is 31.3. The van der Waals surface area contributed by atoms with E-state index in [4.69, 9.17) is 18.9 Å². The molecule has 2 atom stereocenters. The number of unbranched alkanes of at least 4 members (excludes halogenated alkanes) is 42. The topological polar surface area (TPSA) is 111 Å². The minimum Gasteiger partial charge on any atom is -0.545 e. The summed E-state index contributed by atoms with van der Waals surface area (Å²) in [5.41, 5.74) is 0. The quantitative estimate of drug-likeness (QED) is 0.0195. The SMILES string of the molecule is CCCCCCCC/C=C\CCCCCCCCCCCC(=O)OC(COC(=O)CCCCCCCCCCCCCCCCCCCCCCCCCCCCCC)COC(OCC[N+](C)(C)C)C(=O)[O-]. The predicted octanol–water partition coefficient (Wildman–Crippen LogP) is 17.2. The average molecular weight is 1020 g/mol. The lowest BCUT2D eigenvalue weighted by molar-refractivity contribution is -0.870. The van der Waals surface area contributed by atoms with Gasteiger partial charge in [-0.25, -0.2) is 0 Å². The Bertz CT molecular complexity index is 1190. The van der Waals surface area contributed by atoms with Gasteiger partial charge in [0.2, 0.25) is 0 Å². The number of nitrogens with zero attached hydrogens (tertiary/aromatic N) is 1. The molecular weight excluding hydrogens is 899 g/mol. The van der Waals surface area contributed by atoms with Gasteiger partial charge in [0, 0.05) is 12.8 Å². The van der Waals surface area contributed by atoms with Gasteiger partial charge in [0.15, 0.2) is 12.4 Å². The standard InChI is InChI=1S/C63H121NO8/c1-6-8-10-12-14-16-18-20-22-24-26-27-28-29-30-31-32-33-34-36-37-39-41-43-45-47-49-51-53-60(65)70-57-59(58-71-63(62(67)68)69-56-55-64(3,4)5)72-61(66)54-52-50-48-46-44-42-40-38-35-25-23-21-19-17-15-13-11-9-7-2/h21,23,59,63H,6-20,22,24-58H2,1-5H3/b23-21-. The summed E-state index contributed by atoms with van der Waals surface area (Å²) in [5, 5.41) is 11.8. The minimum absolute atomic E-state index is 0.151. The van der Waals surface area contributed by atoms with Crippen LogP contribution >= 0.6 is 0 Å². The van der Waals surface area contributed by atoms with Crippen LogP contribution in [0.4, 0.5) is 0 Å². The molecule has 0 fully saturated rings. The van der Waals surface area contributed by atoms with Crippen molar-refractivity contribution in [3.05, 3.63) is 12.2 Å². The van der Waals surface area contributed by atoms with E-state index >= 15 is 0 Å². The summed E-state index contributed by atoms with van der Waals surface area (Å²) in [4.78, 5) is 37.3. The van der Waals surface area contributed by atoms with E-state index in [0.717, 1.165) is 38.5 Å². The van der Waals surface area contributed by atoms with Crippen LogP contribution in [-0.4, -0.2) is 82.3 Å². The summed E-state index contributed by atoms with van der Waals surface area (Å²) >= 11 is 0. The predicted molar refractivity (Wildman–Crippen MR) is 302 cm³/mol. The van der Waals surface area contributed by atoms with Crippen molar-refractivity contribution >= 4 is 17.9 Å². The minimum atomic E-state index is -1.62. The maximum absolute atomic E-state index is 12.9. The average Bonchev–Trinajstić information content (AvgIpc) is 3.35. The molecule has 72 heavy (non-hydrogen) atoms. The Morgan fingerprint density at radius 3 is 1.03 bits per heavy atom. The third-order valence-corrected chi connectivity index (χ3v) is 14.3. The molecule has 0 aromatic carbocycles. The second kappa shape index (κ2) is 55.3. The molecule has 0 N–H and O–H groups in total. The van der Waals surface area contributed by atoms with E-state index in [9.17, 15) is 19.5 Å². The summed E-state index contributed by atoms with van der Waals surface area (Å²) in [6.45, 7) is 4.81. The second-order valence-corrected chi connectivity index (χ2v) is 22.7. The molecule has 0 aromatic rings. The van der Waals surface area contributed by atoms with Crippen LogP contribution < -0.4 is 5.11 Å². The molecule has 0 heterocycles. The molecular formula is C63H121NO8. The zero-order valence-electron chi connectivity index (χ0n) is 48.6. The number of carbonyl (C=O) groups excluding carboxylic acids is 3. The fourth-order valence-corrected chi connectivity index (χ4v) is 9.42. The van der Waals surface area contributed by atoms with E-state index in [1.165, 1.54) is 244 Å². The lowest BCUT2D eigenvalue weighted by atomic mass is 10.0. The van der Waals surface area contributed by atoms with Crippen LogP contribution in [0.15, 0.2) is 12.2 Å². The number of carboxylic acid groups (broad SMARTS) is 1. The zero-order chi connectivity index (χ0) is 52.7. The maximum atomic E-state index is 12.9. The highest BCUT2D eigenvalue weighted by Crippen LogP contribution is 2.18. The summed E-state index contributed by atoms with van der Waals surface area (Å²) in [6.07, 6.45) is 61.3. The molecule has 0 amide bonds. The van der Waals surface area contributed by atoms with Gasteiger partial charge in [0.25, 0.3) is 0 Å². The molecule has 0 aliphatic rings. The van der Waals surface area contributed by atoms with Crippen molar-refractivity contribution in [2.24, 2.45) is 0 Å². The fraction of sp³-hybridized carbons (Fsp3) is 0.921. The molecule has 0 aliphatic heterocycles. The van der Waals surface area contributed by atoms with Gasteiger partial charge in [0.05, 0.1) is 40.3 Å². The van der Waals surface area contributed by atoms with Crippen molar-refractivity contribution in [2.45, 2.75) is 328 Å². The number of quaternary nitrogens is 1. The Morgan fingerprint density at radius 2 is 0.708 bits per heavy atom. The first-order chi connectivity index (χ1) is 35.1. The first kappa shape index (κ1) is 70.0. The number of esters is 2. The number of ether oxygens (including phenoxy) is 4. The molecule has 0 aliphatic carbocycles. The molecule has 0 spiro atoms. The van der Waals surface area contributed by atoms with E-state index in [-0.39, 0.29) is 32.2 Å². The smallest absolute Gasteiger partial charge is 0.306 e. The van der Waals surface area contributed by atoms with Gasteiger partial charge in [-0.05, 0) is 38.5 Å². The number of allylic oxidation sites excluding steroid dienone is 2. The van der Waals surface area contributed by atoms with Gasteiger partial charge in [-0.15, -0.1) is 0 Å². The normalized spacial score (nSPS) is 12.7. The van der Waals surface area contributed by atoms with E-state index in [0.29, 0.717) is 23.9 Å². The Balaban J connectivity index is 4.11. The Hall–Kier alpha value is -1.97. The lowest BCUT2D eigenvalue weighted by Gasteiger charge is -2.26. The number of hydrogen-bond donors (Lipinski definition) is 0. The van der Waals surface area contributed by atoms with E-state index in [1.807, 2.05) is 21.1 Å². The third kappa shape index (κ3) is 55.8. The van der Waals surface area contributed by atoms with Gasteiger partial charge in [-0.3, -0.25) is 9.59 Å². The van der Waals surface area contributed by atoms with Crippen LogP contribution in [-0.2, 0) is 33.3 Å². The molecule has 0 saturated heterocycles. The molecule has 0 bridgehead atoms. The molecule has 0 radical (unpaired) electrons. The Kier molecular flexibility index (Phi) is 53.8. The summed E-state index contributed by atoms with van der Waals surface area (Å²) < 4.78 is 22.7. The van der Waals surface area contributed by atoms with Crippen molar-refractivity contribution < 1.29 is 42.9 Å². The Morgan fingerprint density at radius 1 is 0.403 bits per heavy atom. The first-order valence-electron chi connectivity index (χ1n) is 31.3. The number of carbonyl (C=O) groups is 3. The summed E-state index contributed by atoms with van der Waals surface area (Å²) in [6, 6.07) is 0. The highest BCUT2D eigenvalue weighted by molar-refractivity contribution is 5.70. The highest BCUT2D eigenvalue weighted by atomic mass is 16.7. The van der Waals surface area contributed by atoms with Gasteiger partial charge >= 0.3 is 11.9 Å². The molecule has 426 valence electrons. The van der Waals surface area contributed by atoms with Crippen LogP contribution in [0.3, 0.4) is 0 Å². The van der Waals surface area contributed by atoms with E-state index in [1.54, 1.807) is 0 Å². The van der Waals surface area contributed by atoms with Crippen molar-refractivity contribution in [1.82, 2.24) is 0 Å². The van der Waals surface area contributed by atoms with Gasteiger partial charge in [-0.1, -0.05) is 276 Å². The molecule has 9 nitrogen and oxygen atoms in total. The highest BCUT2D eigenvalue weighted by Gasteiger charge is 2.22. The second-order valence-electron chi connectivity index (χ2n) is 22.7. The monoisotopic (exact) mass is 1020 g/mol.